The first kappa shape index (κ1) is 27.8. The predicted octanol–water partition coefficient (Wildman–Crippen LogP) is 1.27. The number of rotatable bonds is 9. The van der Waals surface area contributed by atoms with Crippen LogP contribution in [0.1, 0.15) is 18.9 Å². The van der Waals surface area contributed by atoms with E-state index in [-0.39, 0.29) is 22.9 Å². The zero-order chi connectivity index (χ0) is 26.5. The topological polar surface area (TPSA) is 128 Å². The minimum absolute atomic E-state index is 0.0311. The summed E-state index contributed by atoms with van der Waals surface area (Å²) in [5.41, 5.74) is -0.787. The van der Waals surface area contributed by atoms with Gasteiger partial charge in [-0.25, -0.2) is 17.9 Å². The highest BCUT2D eigenvalue weighted by Crippen LogP contribution is 2.37. The van der Waals surface area contributed by atoms with Crippen molar-refractivity contribution in [3.05, 3.63) is 35.8 Å². The molecule has 0 radical (unpaired) electrons. The number of halogens is 3. The Morgan fingerprint density at radius 3 is 2.62 bits per heavy atom. The molecular weight excluding hydrogens is 517 g/mol. The maximum Gasteiger partial charge on any atom is 0.230 e. The number of thioether (sulfide) groups is 1. The monoisotopic (exact) mass is 546 g/mol. The van der Waals surface area contributed by atoms with Crippen LogP contribution in [0.4, 0.5) is 13.2 Å². The molecule has 4 rings (SSSR count). The minimum Gasteiger partial charge on any atom is -0.394 e. The van der Waals surface area contributed by atoms with Crippen LogP contribution in [-0.4, -0.2) is 94.1 Å². The zero-order valence-corrected chi connectivity index (χ0v) is 20.9. The van der Waals surface area contributed by atoms with Crippen LogP contribution in [0.15, 0.2) is 18.3 Å². The average molecular weight is 547 g/mol. The number of methoxy groups -OCH3 is 1. The second-order valence-electron chi connectivity index (χ2n) is 8.92. The van der Waals surface area contributed by atoms with E-state index in [0.29, 0.717) is 25.7 Å². The number of aliphatic hydroxyl groups excluding tert-OH is 2. The molecule has 2 aromatic rings. The highest BCUT2D eigenvalue weighted by atomic mass is 32.2. The van der Waals surface area contributed by atoms with E-state index in [2.05, 4.69) is 15.6 Å². The third kappa shape index (κ3) is 6.44. The Morgan fingerprint density at radius 1 is 1.27 bits per heavy atom. The first-order chi connectivity index (χ1) is 17.8. The molecule has 0 saturated carbocycles. The normalized spacial score (nSPS) is 26.8. The van der Waals surface area contributed by atoms with E-state index in [1.807, 2.05) is 0 Å². The molecule has 1 aromatic carbocycles. The molecule has 2 aliphatic rings. The Morgan fingerprint density at radius 2 is 1.97 bits per heavy atom. The van der Waals surface area contributed by atoms with Gasteiger partial charge in [0.25, 0.3) is 0 Å². The average Bonchev–Trinajstić information content (AvgIpc) is 3.39. The molecular formula is C23H29F3N4O6S. The second-order valence-corrected chi connectivity index (χ2v) is 10.0. The van der Waals surface area contributed by atoms with Gasteiger partial charge in [0.05, 0.1) is 18.6 Å². The molecule has 0 spiro atoms. The van der Waals surface area contributed by atoms with Crippen molar-refractivity contribution in [3.8, 4) is 11.3 Å². The molecule has 0 unspecified atom stereocenters. The molecule has 1 amide bonds. The van der Waals surface area contributed by atoms with Crippen molar-refractivity contribution in [1.29, 1.82) is 0 Å². The van der Waals surface area contributed by atoms with Gasteiger partial charge in [-0.15, -0.1) is 16.9 Å². The molecule has 0 aliphatic carbocycles. The van der Waals surface area contributed by atoms with Crippen molar-refractivity contribution in [2.75, 3.05) is 39.2 Å². The summed E-state index contributed by atoms with van der Waals surface area (Å²) in [7, 11) is 1.40. The van der Waals surface area contributed by atoms with Crippen molar-refractivity contribution in [1.82, 2.24) is 20.3 Å². The maximum atomic E-state index is 13.7. The fourth-order valence-electron chi connectivity index (χ4n) is 4.42. The number of hydrogen-bond donors (Lipinski definition) is 3. The predicted molar refractivity (Wildman–Crippen MR) is 126 cm³/mol. The van der Waals surface area contributed by atoms with Crippen molar-refractivity contribution in [2.45, 2.75) is 42.6 Å². The maximum absolute atomic E-state index is 13.7. The lowest BCUT2D eigenvalue weighted by Crippen LogP contribution is -2.55. The van der Waals surface area contributed by atoms with Gasteiger partial charge in [-0.3, -0.25) is 4.79 Å². The fraction of sp³-hybridized carbons (Fsp3) is 0.609. The van der Waals surface area contributed by atoms with E-state index in [4.69, 9.17) is 14.2 Å². The Kier molecular flexibility index (Phi) is 9.42. The van der Waals surface area contributed by atoms with Gasteiger partial charge in [0.1, 0.15) is 35.5 Å². The lowest BCUT2D eigenvalue weighted by molar-refractivity contribution is -0.186. The number of aliphatic hydroxyl groups is 2. The van der Waals surface area contributed by atoms with Crippen LogP contribution in [-0.2, 0) is 19.0 Å². The Bertz CT molecular complexity index is 1050. The van der Waals surface area contributed by atoms with Crippen LogP contribution in [0.2, 0.25) is 0 Å². The van der Waals surface area contributed by atoms with Gasteiger partial charge in [0.15, 0.2) is 17.5 Å². The first-order valence-electron chi connectivity index (χ1n) is 11.8. The van der Waals surface area contributed by atoms with Gasteiger partial charge in [-0.05, 0) is 30.9 Å². The lowest BCUT2D eigenvalue weighted by Gasteiger charge is -2.43. The standard InChI is InChI=1S/C23H29F3N4O6S/c1-34-22-20(30-9-16(28-29-30)13-6-14(24)19(26)15(25)7-13)21(33)17(10-31)36-23(22)37-11-18(32)27-8-12-2-4-35-5-3-12/h6-7,9,12,17,20-23,31,33H,2-5,8,10-11H2,1H3,(H,27,32)/t17-,20+,21+,22-,23+/m1/s1. The molecule has 37 heavy (non-hydrogen) atoms. The smallest absolute Gasteiger partial charge is 0.230 e. The van der Waals surface area contributed by atoms with E-state index < -0.39 is 53.8 Å². The first-order valence-corrected chi connectivity index (χ1v) is 12.9. The highest BCUT2D eigenvalue weighted by molar-refractivity contribution is 8.00. The van der Waals surface area contributed by atoms with Crippen molar-refractivity contribution in [3.63, 3.8) is 0 Å². The summed E-state index contributed by atoms with van der Waals surface area (Å²) in [6.07, 6.45) is -0.0339. The summed E-state index contributed by atoms with van der Waals surface area (Å²) in [4.78, 5) is 12.5. The van der Waals surface area contributed by atoms with Gasteiger partial charge in [-0.2, -0.15) is 0 Å². The molecule has 5 atom stereocenters. The van der Waals surface area contributed by atoms with Crippen molar-refractivity contribution in [2.24, 2.45) is 5.92 Å². The zero-order valence-electron chi connectivity index (χ0n) is 20.1. The molecule has 2 aliphatic heterocycles. The number of benzene rings is 1. The molecule has 10 nitrogen and oxygen atoms in total. The van der Waals surface area contributed by atoms with Crippen LogP contribution in [0.5, 0.6) is 0 Å². The van der Waals surface area contributed by atoms with Crippen LogP contribution in [0.25, 0.3) is 11.3 Å². The van der Waals surface area contributed by atoms with E-state index >= 15 is 0 Å². The van der Waals surface area contributed by atoms with Crippen LogP contribution < -0.4 is 5.32 Å². The van der Waals surface area contributed by atoms with Gasteiger partial charge in [0.2, 0.25) is 5.91 Å². The number of aromatic nitrogens is 3. The lowest BCUT2D eigenvalue weighted by atomic mass is 9.97. The SMILES string of the molecule is CO[C@@H]1[C@@H](n2cc(-c3cc(F)c(F)c(F)c3)nn2)[C@@H](O)[C@@H](CO)O[C@H]1SCC(=O)NCC1CCOCC1. The van der Waals surface area contributed by atoms with E-state index in [0.717, 1.165) is 36.7 Å². The number of carbonyl (C=O) groups is 1. The number of hydrogen-bond acceptors (Lipinski definition) is 9. The summed E-state index contributed by atoms with van der Waals surface area (Å²) in [5.74, 6) is -4.14. The van der Waals surface area contributed by atoms with E-state index in [9.17, 15) is 28.2 Å². The molecule has 3 heterocycles. The Hall–Kier alpha value is -2.23. The molecule has 2 saturated heterocycles. The molecule has 0 bridgehead atoms. The van der Waals surface area contributed by atoms with Crippen molar-refractivity contribution >= 4 is 17.7 Å². The van der Waals surface area contributed by atoms with Gasteiger partial charge in [0, 0.05) is 32.4 Å². The third-order valence-electron chi connectivity index (χ3n) is 6.50. The third-order valence-corrected chi connectivity index (χ3v) is 7.64. The summed E-state index contributed by atoms with van der Waals surface area (Å²) < 4.78 is 58.8. The summed E-state index contributed by atoms with van der Waals surface area (Å²) >= 11 is 1.14. The van der Waals surface area contributed by atoms with E-state index in [1.54, 1.807) is 0 Å². The van der Waals surface area contributed by atoms with Crippen molar-refractivity contribution < 1.29 is 42.4 Å². The van der Waals surface area contributed by atoms with Gasteiger partial charge >= 0.3 is 0 Å². The molecule has 204 valence electrons. The molecule has 1 aromatic heterocycles. The number of carbonyl (C=O) groups excluding carboxylic acids is 1. The number of nitrogens with zero attached hydrogens (tertiary/aromatic N) is 3. The summed E-state index contributed by atoms with van der Waals surface area (Å²) in [6, 6.07) is 0.652. The van der Waals surface area contributed by atoms with E-state index in [1.165, 1.54) is 18.0 Å². The Balaban J connectivity index is 1.47. The van der Waals surface area contributed by atoms with Gasteiger partial charge in [-0.1, -0.05) is 5.21 Å². The number of nitrogens with one attached hydrogen (secondary N) is 1. The Labute approximate surface area is 215 Å². The summed E-state index contributed by atoms with van der Waals surface area (Å²) in [5, 5.41) is 31.5. The number of amides is 1. The second kappa shape index (κ2) is 12.5. The van der Waals surface area contributed by atoms with Crippen LogP contribution >= 0.6 is 11.8 Å². The molecule has 14 heteroatoms. The van der Waals surface area contributed by atoms with Crippen LogP contribution in [0, 0.1) is 23.4 Å². The molecule has 2 fully saturated rings. The summed E-state index contributed by atoms with van der Waals surface area (Å²) in [6.45, 7) is 1.40. The van der Waals surface area contributed by atoms with Crippen LogP contribution in [0.3, 0.4) is 0 Å². The quantitative estimate of drug-likeness (QED) is 0.399. The fourth-order valence-corrected chi connectivity index (χ4v) is 5.52. The molecule has 3 N–H and O–H groups in total. The highest BCUT2D eigenvalue weighted by Gasteiger charge is 2.47. The largest absolute Gasteiger partial charge is 0.394 e. The number of ether oxygens (including phenoxy) is 3. The van der Waals surface area contributed by atoms with Gasteiger partial charge < -0.3 is 29.7 Å². The minimum atomic E-state index is -1.60.